The Balaban J connectivity index is 1.42. The molecule has 0 saturated carbocycles. The predicted octanol–water partition coefficient (Wildman–Crippen LogP) is 5.54. The highest BCUT2D eigenvalue weighted by molar-refractivity contribution is 8.00. The van der Waals surface area contributed by atoms with Crippen molar-refractivity contribution >= 4 is 33.3 Å². The summed E-state index contributed by atoms with van der Waals surface area (Å²) in [5, 5.41) is 3.87. The topological polar surface area (TPSA) is 61.0 Å². The predicted molar refractivity (Wildman–Crippen MR) is 95.6 cm³/mol. The maximum atomic E-state index is 12.2. The van der Waals surface area contributed by atoms with Gasteiger partial charge in [-0.15, -0.1) is 24.5 Å². The Morgan fingerprint density at radius 2 is 1.81 bits per heavy atom. The fourth-order valence-electron chi connectivity index (χ4n) is 2.27. The largest absolute Gasteiger partial charge is 0.573 e. The average molecular weight is 409 g/mol. The summed E-state index contributed by atoms with van der Waals surface area (Å²) >= 11 is 3.06. The summed E-state index contributed by atoms with van der Waals surface area (Å²) in [6, 6.07) is 13.1. The van der Waals surface area contributed by atoms with Crippen LogP contribution < -0.4 is 4.74 Å². The van der Waals surface area contributed by atoms with Gasteiger partial charge in [0.25, 0.3) is 0 Å². The monoisotopic (exact) mass is 409 g/mol. The standard InChI is InChI=1S/C17H10F3N3O2S2/c18-17(19,20)24-11-7-5-10(6-8-11)15-22-14(25-23-15)9-26-16-21-12-3-1-2-4-13(12)27-16/h1-8H,9H2. The van der Waals surface area contributed by atoms with E-state index in [1.54, 1.807) is 11.3 Å². The number of benzene rings is 2. The summed E-state index contributed by atoms with van der Waals surface area (Å²) in [6.07, 6.45) is -4.72. The minimum absolute atomic E-state index is 0.299. The van der Waals surface area contributed by atoms with Gasteiger partial charge in [-0.25, -0.2) is 4.98 Å². The van der Waals surface area contributed by atoms with Gasteiger partial charge in [0.1, 0.15) is 5.75 Å². The third kappa shape index (κ3) is 4.40. The number of halogens is 3. The summed E-state index contributed by atoms with van der Waals surface area (Å²) in [7, 11) is 0. The minimum atomic E-state index is -4.72. The summed E-state index contributed by atoms with van der Waals surface area (Å²) in [6.45, 7) is 0. The van der Waals surface area contributed by atoms with Crippen LogP contribution >= 0.6 is 23.1 Å². The molecule has 5 nitrogen and oxygen atoms in total. The molecule has 2 aromatic carbocycles. The van der Waals surface area contributed by atoms with E-state index in [0.29, 0.717) is 23.0 Å². The molecular weight excluding hydrogens is 399 g/mol. The highest BCUT2D eigenvalue weighted by Crippen LogP contribution is 2.31. The normalized spacial score (nSPS) is 11.8. The van der Waals surface area contributed by atoms with Gasteiger partial charge in [0, 0.05) is 5.56 Å². The van der Waals surface area contributed by atoms with Crippen LogP contribution in [0.15, 0.2) is 57.4 Å². The molecule has 4 aromatic rings. The van der Waals surface area contributed by atoms with Crippen molar-refractivity contribution in [3.8, 4) is 17.1 Å². The number of para-hydroxylation sites is 1. The Morgan fingerprint density at radius 3 is 2.56 bits per heavy atom. The van der Waals surface area contributed by atoms with E-state index >= 15 is 0 Å². The summed E-state index contributed by atoms with van der Waals surface area (Å²) in [4.78, 5) is 8.79. The van der Waals surface area contributed by atoms with E-state index in [4.69, 9.17) is 4.52 Å². The number of rotatable bonds is 5. The number of aromatic nitrogens is 3. The molecular formula is C17H10F3N3O2S2. The first-order valence-electron chi connectivity index (χ1n) is 7.63. The van der Waals surface area contributed by atoms with Crippen molar-refractivity contribution in [1.29, 1.82) is 0 Å². The van der Waals surface area contributed by atoms with Crippen LogP contribution in [-0.4, -0.2) is 21.5 Å². The maximum absolute atomic E-state index is 12.2. The lowest BCUT2D eigenvalue weighted by atomic mass is 10.2. The van der Waals surface area contributed by atoms with Gasteiger partial charge in [-0.3, -0.25) is 0 Å². The molecule has 0 amide bonds. The average Bonchev–Trinajstić information content (AvgIpc) is 3.26. The smallest absolute Gasteiger partial charge is 0.406 e. The SMILES string of the molecule is FC(F)(F)Oc1ccc(-c2noc(CSc3nc4ccccc4s3)n2)cc1. The number of fused-ring (bicyclic) bond motifs is 1. The van der Waals surface area contributed by atoms with Crippen molar-refractivity contribution < 1.29 is 22.4 Å². The highest BCUT2D eigenvalue weighted by Gasteiger charge is 2.31. The van der Waals surface area contributed by atoms with Crippen LogP contribution in [0.5, 0.6) is 5.75 Å². The van der Waals surface area contributed by atoms with Crippen LogP contribution in [0.1, 0.15) is 5.89 Å². The van der Waals surface area contributed by atoms with Gasteiger partial charge in [-0.1, -0.05) is 29.1 Å². The van der Waals surface area contributed by atoms with E-state index in [1.165, 1.54) is 36.0 Å². The van der Waals surface area contributed by atoms with E-state index in [2.05, 4.69) is 19.9 Å². The Kier molecular flexibility index (Phi) is 4.75. The number of thioether (sulfide) groups is 1. The van der Waals surface area contributed by atoms with Crippen molar-refractivity contribution in [3.05, 3.63) is 54.4 Å². The van der Waals surface area contributed by atoms with Gasteiger partial charge in [0.15, 0.2) is 4.34 Å². The third-order valence-corrected chi connectivity index (χ3v) is 5.57. The first-order valence-corrected chi connectivity index (χ1v) is 9.44. The molecule has 0 N–H and O–H groups in total. The van der Waals surface area contributed by atoms with Gasteiger partial charge in [0.2, 0.25) is 11.7 Å². The number of hydrogen-bond donors (Lipinski definition) is 0. The molecule has 0 spiro atoms. The lowest BCUT2D eigenvalue weighted by molar-refractivity contribution is -0.274. The second-order valence-electron chi connectivity index (χ2n) is 5.32. The lowest BCUT2D eigenvalue weighted by Gasteiger charge is -2.08. The van der Waals surface area contributed by atoms with E-state index in [0.717, 1.165) is 14.6 Å². The molecule has 0 atom stereocenters. The zero-order chi connectivity index (χ0) is 18.9. The molecule has 0 aliphatic rings. The van der Waals surface area contributed by atoms with Crippen molar-refractivity contribution in [2.75, 3.05) is 0 Å². The third-order valence-electron chi connectivity index (χ3n) is 3.41. The Morgan fingerprint density at radius 1 is 1.04 bits per heavy atom. The Hall–Kier alpha value is -2.59. The molecule has 2 aromatic heterocycles. The number of alkyl halides is 3. The van der Waals surface area contributed by atoms with Crippen LogP contribution in [0, 0.1) is 0 Å². The molecule has 0 fully saturated rings. The van der Waals surface area contributed by atoms with Gasteiger partial charge in [0.05, 0.1) is 16.0 Å². The molecule has 0 radical (unpaired) electrons. The van der Waals surface area contributed by atoms with Gasteiger partial charge in [-0.2, -0.15) is 4.98 Å². The van der Waals surface area contributed by atoms with Crippen molar-refractivity contribution in [2.45, 2.75) is 16.5 Å². The molecule has 0 bridgehead atoms. The minimum Gasteiger partial charge on any atom is -0.406 e. The van der Waals surface area contributed by atoms with Crippen LogP contribution in [0.25, 0.3) is 21.6 Å². The molecule has 4 rings (SSSR count). The first kappa shape index (κ1) is 17.8. The van der Waals surface area contributed by atoms with E-state index in [1.807, 2.05) is 24.3 Å². The second-order valence-corrected chi connectivity index (χ2v) is 7.57. The zero-order valence-electron chi connectivity index (χ0n) is 13.4. The molecule has 0 aliphatic carbocycles. The molecule has 138 valence electrons. The second kappa shape index (κ2) is 7.20. The Labute approximate surface area is 159 Å². The lowest BCUT2D eigenvalue weighted by Crippen LogP contribution is -2.16. The van der Waals surface area contributed by atoms with Gasteiger partial charge in [-0.05, 0) is 36.4 Å². The van der Waals surface area contributed by atoms with Gasteiger partial charge < -0.3 is 9.26 Å². The summed E-state index contributed by atoms with van der Waals surface area (Å²) in [5.41, 5.74) is 1.47. The van der Waals surface area contributed by atoms with E-state index in [-0.39, 0.29) is 5.75 Å². The molecule has 0 saturated heterocycles. The fourth-order valence-corrected chi connectivity index (χ4v) is 4.18. The number of nitrogens with zero attached hydrogens (tertiary/aromatic N) is 3. The Bertz CT molecular complexity index is 1030. The van der Waals surface area contributed by atoms with Crippen LogP contribution in [-0.2, 0) is 5.75 Å². The molecule has 27 heavy (non-hydrogen) atoms. The maximum Gasteiger partial charge on any atom is 0.573 e. The van der Waals surface area contributed by atoms with Crippen molar-refractivity contribution in [2.24, 2.45) is 0 Å². The van der Waals surface area contributed by atoms with Crippen LogP contribution in [0.3, 0.4) is 0 Å². The summed E-state index contributed by atoms with van der Waals surface area (Å²) in [5.74, 6) is 0.849. The quantitative estimate of drug-likeness (QED) is 0.404. The van der Waals surface area contributed by atoms with E-state index in [9.17, 15) is 13.2 Å². The van der Waals surface area contributed by atoms with Gasteiger partial charge >= 0.3 is 6.36 Å². The highest BCUT2D eigenvalue weighted by atomic mass is 32.2. The number of ether oxygens (including phenoxy) is 1. The zero-order valence-corrected chi connectivity index (χ0v) is 15.1. The number of thiazole rings is 1. The first-order chi connectivity index (χ1) is 13.0. The molecule has 10 heteroatoms. The van der Waals surface area contributed by atoms with Crippen molar-refractivity contribution in [3.63, 3.8) is 0 Å². The molecule has 2 heterocycles. The van der Waals surface area contributed by atoms with Crippen molar-refractivity contribution in [1.82, 2.24) is 15.1 Å². The van der Waals surface area contributed by atoms with E-state index < -0.39 is 6.36 Å². The number of hydrogen-bond acceptors (Lipinski definition) is 7. The van der Waals surface area contributed by atoms with Crippen LogP contribution in [0.4, 0.5) is 13.2 Å². The fraction of sp³-hybridized carbons (Fsp3) is 0.118. The molecule has 0 unspecified atom stereocenters. The summed E-state index contributed by atoms with van der Waals surface area (Å²) < 4.78 is 47.6. The molecule has 0 aliphatic heterocycles. The van der Waals surface area contributed by atoms with Crippen LogP contribution in [0.2, 0.25) is 0 Å².